The summed E-state index contributed by atoms with van der Waals surface area (Å²) in [6.07, 6.45) is 0. The fraction of sp³-hybridized carbons (Fsp3) is 0.154. The van der Waals surface area contributed by atoms with Crippen molar-refractivity contribution in [3.8, 4) is 11.6 Å². The monoisotopic (exact) mass is 258 g/mol. The van der Waals surface area contributed by atoms with Crippen molar-refractivity contribution in [2.24, 2.45) is 0 Å². The molecule has 19 heavy (non-hydrogen) atoms. The first-order chi connectivity index (χ1) is 9.06. The zero-order chi connectivity index (χ0) is 13.8. The minimum atomic E-state index is -0.206. The Morgan fingerprint density at radius 2 is 2.00 bits per heavy atom. The van der Waals surface area contributed by atoms with E-state index >= 15 is 0 Å². The summed E-state index contributed by atoms with van der Waals surface area (Å²) in [4.78, 5) is 13.1. The molecule has 0 aliphatic rings. The van der Waals surface area contributed by atoms with Gasteiger partial charge in [-0.2, -0.15) is 0 Å². The van der Waals surface area contributed by atoms with Gasteiger partial charge in [0.25, 0.3) is 5.91 Å². The fourth-order valence-corrected chi connectivity index (χ4v) is 1.42. The smallest absolute Gasteiger partial charge is 0.273 e. The van der Waals surface area contributed by atoms with Gasteiger partial charge in [-0.05, 0) is 18.2 Å². The van der Waals surface area contributed by atoms with Crippen LogP contribution in [0.3, 0.4) is 0 Å². The predicted molar refractivity (Wildman–Crippen MR) is 71.0 cm³/mol. The lowest BCUT2D eigenvalue weighted by atomic mass is 10.3. The quantitative estimate of drug-likeness (QED) is 0.845. The molecule has 2 rings (SSSR count). The summed E-state index contributed by atoms with van der Waals surface area (Å²) in [7, 11) is 3.31. The fourth-order valence-electron chi connectivity index (χ4n) is 1.42. The molecule has 0 unspecified atom stereocenters. The van der Waals surface area contributed by atoms with Gasteiger partial charge in [-0.15, -0.1) is 10.2 Å². The Hall–Kier alpha value is -2.63. The number of benzene rings is 1. The highest BCUT2D eigenvalue weighted by Gasteiger charge is 2.10. The number of hydrogen-bond acceptors (Lipinski definition) is 5. The summed E-state index contributed by atoms with van der Waals surface area (Å²) < 4.78 is 5.48. The first-order valence-electron chi connectivity index (χ1n) is 5.65. The zero-order valence-electron chi connectivity index (χ0n) is 10.7. The molecule has 0 bridgehead atoms. The van der Waals surface area contributed by atoms with Crippen LogP contribution in [-0.4, -0.2) is 35.1 Å². The third-order valence-corrected chi connectivity index (χ3v) is 2.35. The molecular weight excluding hydrogens is 244 g/mol. The molecule has 6 nitrogen and oxygen atoms in total. The van der Waals surface area contributed by atoms with Crippen LogP contribution < -0.4 is 10.5 Å². The topological polar surface area (TPSA) is 81.3 Å². The Kier molecular flexibility index (Phi) is 3.61. The molecule has 2 N–H and O–H groups in total. The molecule has 98 valence electrons. The molecule has 0 saturated carbocycles. The van der Waals surface area contributed by atoms with Crippen molar-refractivity contribution in [2.45, 2.75) is 0 Å². The van der Waals surface area contributed by atoms with Crippen molar-refractivity contribution in [2.75, 3.05) is 19.8 Å². The maximum absolute atomic E-state index is 11.6. The van der Waals surface area contributed by atoms with Gasteiger partial charge in [0, 0.05) is 31.9 Å². The highest BCUT2D eigenvalue weighted by molar-refractivity contribution is 5.91. The number of ether oxygens (including phenoxy) is 1. The maximum atomic E-state index is 11.6. The van der Waals surface area contributed by atoms with E-state index in [1.54, 1.807) is 50.5 Å². The second kappa shape index (κ2) is 5.34. The predicted octanol–water partition coefficient (Wildman–Crippen LogP) is 1.55. The number of carbonyl (C=O) groups excluding carboxylic acids is 1. The van der Waals surface area contributed by atoms with E-state index in [1.807, 2.05) is 0 Å². The number of amides is 1. The number of carbonyl (C=O) groups is 1. The van der Waals surface area contributed by atoms with Crippen molar-refractivity contribution in [1.82, 2.24) is 15.1 Å². The zero-order valence-corrected chi connectivity index (χ0v) is 10.7. The molecule has 0 atom stereocenters. The van der Waals surface area contributed by atoms with Gasteiger partial charge in [-0.25, -0.2) is 0 Å². The lowest BCUT2D eigenvalue weighted by Crippen LogP contribution is -2.23. The average Bonchev–Trinajstić information content (AvgIpc) is 2.39. The molecule has 1 aromatic carbocycles. The van der Waals surface area contributed by atoms with Crippen LogP contribution in [0.1, 0.15) is 10.5 Å². The minimum absolute atomic E-state index is 0.206. The number of nitrogen functional groups attached to an aromatic ring is 1. The molecule has 1 heterocycles. The van der Waals surface area contributed by atoms with E-state index < -0.39 is 0 Å². The molecule has 0 radical (unpaired) electrons. The van der Waals surface area contributed by atoms with Gasteiger partial charge < -0.3 is 15.4 Å². The number of nitrogens with two attached hydrogens (primary N) is 1. The van der Waals surface area contributed by atoms with Crippen molar-refractivity contribution in [1.29, 1.82) is 0 Å². The van der Waals surface area contributed by atoms with Gasteiger partial charge in [-0.1, -0.05) is 6.07 Å². The molecule has 2 aromatic rings. The van der Waals surface area contributed by atoms with Gasteiger partial charge in [0.05, 0.1) is 0 Å². The van der Waals surface area contributed by atoms with Gasteiger partial charge in [-0.3, -0.25) is 4.79 Å². The lowest BCUT2D eigenvalue weighted by molar-refractivity contribution is 0.0820. The molecule has 0 aliphatic heterocycles. The largest absolute Gasteiger partial charge is 0.437 e. The maximum Gasteiger partial charge on any atom is 0.273 e. The first kappa shape index (κ1) is 12.8. The SMILES string of the molecule is CN(C)C(=O)c1ccc(Oc2cccc(N)c2)nn1. The Morgan fingerprint density at radius 3 is 2.58 bits per heavy atom. The van der Waals surface area contributed by atoms with Crippen molar-refractivity contribution in [3.63, 3.8) is 0 Å². The second-order valence-electron chi connectivity index (χ2n) is 4.13. The molecule has 1 amide bonds. The third kappa shape index (κ3) is 3.19. The van der Waals surface area contributed by atoms with E-state index in [0.717, 1.165) is 0 Å². The van der Waals surface area contributed by atoms with E-state index in [4.69, 9.17) is 10.5 Å². The van der Waals surface area contributed by atoms with Crippen LogP contribution in [0.2, 0.25) is 0 Å². The third-order valence-electron chi connectivity index (χ3n) is 2.35. The van der Waals surface area contributed by atoms with E-state index in [2.05, 4.69) is 10.2 Å². The van der Waals surface area contributed by atoms with Crippen molar-refractivity contribution < 1.29 is 9.53 Å². The molecule has 6 heteroatoms. The molecule has 0 fully saturated rings. The highest BCUT2D eigenvalue weighted by atomic mass is 16.5. The lowest BCUT2D eigenvalue weighted by Gasteiger charge is -2.09. The van der Waals surface area contributed by atoms with Crippen LogP contribution in [0.15, 0.2) is 36.4 Å². The molecule has 1 aromatic heterocycles. The average molecular weight is 258 g/mol. The molecular formula is C13H14N4O2. The van der Waals surface area contributed by atoms with Crippen molar-refractivity contribution >= 4 is 11.6 Å². The highest BCUT2D eigenvalue weighted by Crippen LogP contribution is 2.20. The Balaban J connectivity index is 2.13. The number of aromatic nitrogens is 2. The Labute approximate surface area is 110 Å². The van der Waals surface area contributed by atoms with Crippen LogP contribution in [0, 0.1) is 0 Å². The summed E-state index contributed by atoms with van der Waals surface area (Å²) >= 11 is 0. The standard InChI is InChI=1S/C13H14N4O2/c1-17(2)13(18)11-6-7-12(16-15-11)19-10-5-3-4-9(14)8-10/h3-8H,14H2,1-2H3. The van der Waals surface area contributed by atoms with Crippen LogP contribution >= 0.6 is 0 Å². The van der Waals surface area contributed by atoms with Crippen LogP contribution in [0.5, 0.6) is 11.6 Å². The molecule has 0 aliphatic carbocycles. The molecule has 0 spiro atoms. The van der Waals surface area contributed by atoms with Gasteiger partial charge in [0.2, 0.25) is 5.88 Å². The summed E-state index contributed by atoms with van der Waals surface area (Å²) in [5, 5.41) is 7.67. The Morgan fingerprint density at radius 1 is 1.21 bits per heavy atom. The summed E-state index contributed by atoms with van der Waals surface area (Å²) in [6.45, 7) is 0. The van der Waals surface area contributed by atoms with Crippen LogP contribution in [0.25, 0.3) is 0 Å². The van der Waals surface area contributed by atoms with Crippen LogP contribution in [0.4, 0.5) is 5.69 Å². The Bertz CT molecular complexity index is 581. The van der Waals surface area contributed by atoms with Gasteiger partial charge >= 0.3 is 0 Å². The normalized spacial score (nSPS) is 10.0. The number of rotatable bonds is 3. The van der Waals surface area contributed by atoms with E-state index in [0.29, 0.717) is 17.3 Å². The first-order valence-corrected chi connectivity index (χ1v) is 5.65. The number of nitrogens with zero attached hydrogens (tertiary/aromatic N) is 3. The van der Waals surface area contributed by atoms with E-state index in [1.165, 1.54) is 4.90 Å². The van der Waals surface area contributed by atoms with Crippen molar-refractivity contribution in [3.05, 3.63) is 42.1 Å². The van der Waals surface area contributed by atoms with Gasteiger partial charge in [0.1, 0.15) is 5.75 Å². The summed E-state index contributed by atoms with van der Waals surface area (Å²) in [6, 6.07) is 10.1. The minimum Gasteiger partial charge on any atom is -0.437 e. The second-order valence-corrected chi connectivity index (χ2v) is 4.13. The van der Waals surface area contributed by atoms with E-state index in [-0.39, 0.29) is 11.6 Å². The summed E-state index contributed by atoms with van der Waals surface area (Å²) in [5.74, 6) is 0.671. The van der Waals surface area contributed by atoms with E-state index in [9.17, 15) is 4.79 Å². The molecule has 0 saturated heterocycles. The van der Waals surface area contributed by atoms with Gasteiger partial charge in [0.15, 0.2) is 5.69 Å². The van der Waals surface area contributed by atoms with Crippen LogP contribution in [-0.2, 0) is 0 Å². The summed E-state index contributed by atoms with van der Waals surface area (Å²) in [5.41, 5.74) is 6.51. The number of hydrogen-bond donors (Lipinski definition) is 1. The number of anilines is 1.